The van der Waals surface area contributed by atoms with E-state index in [2.05, 4.69) is 44.0 Å². The molecule has 0 aliphatic carbocycles. The zero-order valence-electron chi connectivity index (χ0n) is 15.0. The van der Waals surface area contributed by atoms with Crippen molar-refractivity contribution in [1.82, 2.24) is 9.88 Å². The van der Waals surface area contributed by atoms with E-state index in [1.807, 2.05) is 11.3 Å². The summed E-state index contributed by atoms with van der Waals surface area (Å²) in [6.45, 7) is 6.78. The Morgan fingerprint density at radius 3 is 2.83 bits per heavy atom. The SMILES string of the molecule is CC1CCC(c2ccc3sc([C@@H]4CCN(C)[C@H](C)C4)nc3c2)=NC1. The van der Waals surface area contributed by atoms with Gasteiger partial charge in [0.2, 0.25) is 0 Å². The first-order valence-electron chi connectivity index (χ1n) is 9.24. The highest BCUT2D eigenvalue weighted by atomic mass is 32.1. The molecule has 0 radical (unpaired) electrons. The average molecular weight is 342 g/mol. The van der Waals surface area contributed by atoms with Crippen LogP contribution in [0.3, 0.4) is 0 Å². The minimum Gasteiger partial charge on any atom is -0.304 e. The average Bonchev–Trinajstić information content (AvgIpc) is 3.01. The summed E-state index contributed by atoms with van der Waals surface area (Å²) in [7, 11) is 2.23. The summed E-state index contributed by atoms with van der Waals surface area (Å²) in [6, 6.07) is 7.42. The summed E-state index contributed by atoms with van der Waals surface area (Å²) in [5.74, 6) is 1.36. The van der Waals surface area contributed by atoms with Crippen LogP contribution in [0.5, 0.6) is 0 Å². The highest BCUT2D eigenvalue weighted by molar-refractivity contribution is 7.18. The second kappa shape index (κ2) is 6.57. The highest BCUT2D eigenvalue weighted by Gasteiger charge is 2.26. The second-order valence-electron chi connectivity index (χ2n) is 7.72. The minimum absolute atomic E-state index is 0.630. The molecule has 1 aromatic heterocycles. The third-order valence-electron chi connectivity index (χ3n) is 5.76. The lowest BCUT2D eigenvalue weighted by Gasteiger charge is -2.34. The van der Waals surface area contributed by atoms with E-state index in [0.29, 0.717) is 12.0 Å². The van der Waals surface area contributed by atoms with Crippen molar-refractivity contribution in [2.45, 2.75) is 51.5 Å². The van der Waals surface area contributed by atoms with E-state index in [0.717, 1.165) is 18.9 Å². The lowest BCUT2D eigenvalue weighted by atomic mass is 9.92. The quantitative estimate of drug-likeness (QED) is 0.791. The molecular formula is C20H27N3S. The van der Waals surface area contributed by atoms with Crippen molar-refractivity contribution in [3.05, 3.63) is 28.8 Å². The first kappa shape index (κ1) is 16.2. The molecule has 128 valence electrons. The number of hydrogen-bond donors (Lipinski definition) is 0. The van der Waals surface area contributed by atoms with Gasteiger partial charge in [-0.05, 0) is 69.8 Å². The van der Waals surface area contributed by atoms with Crippen LogP contribution in [0.2, 0.25) is 0 Å². The molecule has 0 saturated carbocycles. The van der Waals surface area contributed by atoms with Crippen molar-refractivity contribution in [3.63, 3.8) is 0 Å². The summed E-state index contributed by atoms with van der Waals surface area (Å²) in [5.41, 5.74) is 3.72. The van der Waals surface area contributed by atoms with Crippen LogP contribution in [0.15, 0.2) is 23.2 Å². The Kier molecular flexibility index (Phi) is 4.44. The van der Waals surface area contributed by atoms with Gasteiger partial charge in [0, 0.05) is 24.2 Å². The van der Waals surface area contributed by atoms with E-state index in [1.165, 1.54) is 52.3 Å². The van der Waals surface area contributed by atoms with Gasteiger partial charge in [0.1, 0.15) is 0 Å². The van der Waals surface area contributed by atoms with Gasteiger partial charge in [-0.1, -0.05) is 13.0 Å². The molecule has 1 unspecified atom stereocenters. The Labute approximate surface area is 148 Å². The molecule has 3 nitrogen and oxygen atoms in total. The molecule has 24 heavy (non-hydrogen) atoms. The molecule has 1 fully saturated rings. The maximum atomic E-state index is 5.01. The lowest BCUT2D eigenvalue weighted by Crippen LogP contribution is -2.36. The Hall–Kier alpha value is -1.26. The van der Waals surface area contributed by atoms with Crippen LogP contribution in [-0.4, -0.2) is 41.8 Å². The summed E-state index contributed by atoms with van der Waals surface area (Å²) in [6.07, 6.45) is 4.83. The van der Waals surface area contributed by atoms with Crippen LogP contribution < -0.4 is 0 Å². The number of aromatic nitrogens is 1. The topological polar surface area (TPSA) is 28.5 Å². The fraction of sp³-hybridized carbons (Fsp3) is 0.600. The van der Waals surface area contributed by atoms with E-state index < -0.39 is 0 Å². The molecule has 2 aromatic rings. The highest BCUT2D eigenvalue weighted by Crippen LogP contribution is 2.36. The van der Waals surface area contributed by atoms with Gasteiger partial charge in [-0.3, -0.25) is 4.99 Å². The number of hydrogen-bond acceptors (Lipinski definition) is 4. The van der Waals surface area contributed by atoms with Crippen molar-refractivity contribution in [1.29, 1.82) is 0 Å². The number of rotatable bonds is 2. The minimum atomic E-state index is 0.630. The molecule has 4 heteroatoms. The molecule has 4 rings (SSSR count). The Morgan fingerprint density at radius 1 is 1.21 bits per heavy atom. The van der Waals surface area contributed by atoms with Crippen molar-refractivity contribution >= 4 is 27.3 Å². The van der Waals surface area contributed by atoms with E-state index in [9.17, 15) is 0 Å². The number of aliphatic imine (C=N–C) groups is 1. The molecule has 3 heterocycles. The monoisotopic (exact) mass is 341 g/mol. The van der Waals surface area contributed by atoms with E-state index in [-0.39, 0.29) is 0 Å². The van der Waals surface area contributed by atoms with Crippen LogP contribution in [0.4, 0.5) is 0 Å². The van der Waals surface area contributed by atoms with E-state index in [1.54, 1.807) is 0 Å². The van der Waals surface area contributed by atoms with Gasteiger partial charge < -0.3 is 4.90 Å². The number of piperidine rings is 1. The molecule has 2 aliphatic rings. The van der Waals surface area contributed by atoms with Crippen LogP contribution in [-0.2, 0) is 0 Å². The zero-order valence-corrected chi connectivity index (χ0v) is 15.8. The normalized spacial score (nSPS) is 29.0. The number of fused-ring (bicyclic) bond motifs is 1. The largest absolute Gasteiger partial charge is 0.304 e. The summed E-state index contributed by atoms with van der Waals surface area (Å²) < 4.78 is 1.32. The standard InChI is InChI=1S/C20H27N3S/c1-13-4-6-17(21-12-13)15-5-7-19-18(11-15)22-20(24-19)16-8-9-23(3)14(2)10-16/h5,7,11,13-14,16H,4,6,8-10,12H2,1-3H3/t13?,14-,16-/m1/s1. The first-order chi connectivity index (χ1) is 11.6. The molecule has 0 N–H and O–H groups in total. The lowest BCUT2D eigenvalue weighted by molar-refractivity contribution is 0.182. The van der Waals surface area contributed by atoms with Gasteiger partial charge in [-0.15, -0.1) is 11.3 Å². The maximum Gasteiger partial charge on any atom is 0.0970 e. The fourth-order valence-corrected chi connectivity index (χ4v) is 4.96. The summed E-state index contributed by atoms with van der Waals surface area (Å²) in [5, 5.41) is 1.33. The third-order valence-corrected chi connectivity index (χ3v) is 6.96. The Balaban J connectivity index is 1.60. The van der Waals surface area contributed by atoms with Crippen molar-refractivity contribution in [2.75, 3.05) is 20.1 Å². The molecule has 0 spiro atoms. The predicted octanol–water partition coefficient (Wildman–Crippen LogP) is 4.71. The smallest absolute Gasteiger partial charge is 0.0970 e. The number of thiazole rings is 1. The van der Waals surface area contributed by atoms with Crippen LogP contribution in [0.1, 0.15) is 56.0 Å². The van der Waals surface area contributed by atoms with E-state index >= 15 is 0 Å². The van der Waals surface area contributed by atoms with Crippen molar-refractivity contribution < 1.29 is 0 Å². The van der Waals surface area contributed by atoms with Gasteiger partial charge in [0.05, 0.1) is 15.2 Å². The van der Waals surface area contributed by atoms with Gasteiger partial charge in [0.25, 0.3) is 0 Å². The molecular weight excluding hydrogens is 314 g/mol. The Morgan fingerprint density at radius 2 is 2.08 bits per heavy atom. The van der Waals surface area contributed by atoms with Crippen molar-refractivity contribution in [3.8, 4) is 0 Å². The predicted molar refractivity (Wildman–Crippen MR) is 103 cm³/mol. The molecule has 0 bridgehead atoms. The van der Waals surface area contributed by atoms with Gasteiger partial charge in [0.15, 0.2) is 0 Å². The van der Waals surface area contributed by atoms with Crippen molar-refractivity contribution in [2.24, 2.45) is 10.9 Å². The van der Waals surface area contributed by atoms with Crippen LogP contribution in [0, 0.1) is 5.92 Å². The first-order valence-corrected chi connectivity index (χ1v) is 10.1. The number of likely N-dealkylation sites (tertiary alicyclic amines) is 1. The second-order valence-corrected chi connectivity index (χ2v) is 8.78. The number of benzene rings is 1. The zero-order chi connectivity index (χ0) is 16.7. The maximum absolute atomic E-state index is 5.01. The van der Waals surface area contributed by atoms with Crippen LogP contribution >= 0.6 is 11.3 Å². The fourth-order valence-electron chi connectivity index (χ4n) is 3.87. The van der Waals surface area contributed by atoms with Gasteiger partial charge >= 0.3 is 0 Å². The summed E-state index contributed by atoms with van der Waals surface area (Å²) >= 11 is 1.89. The number of nitrogens with zero attached hydrogens (tertiary/aromatic N) is 3. The molecule has 3 atom stereocenters. The van der Waals surface area contributed by atoms with Crippen LogP contribution in [0.25, 0.3) is 10.2 Å². The molecule has 1 aromatic carbocycles. The van der Waals surface area contributed by atoms with Gasteiger partial charge in [-0.2, -0.15) is 0 Å². The molecule has 1 saturated heterocycles. The third kappa shape index (κ3) is 3.14. The van der Waals surface area contributed by atoms with E-state index in [4.69, 9.17) is 9.98 Å². The summed E-state index contributed by atoms with van der Waals surface area (Å²) in [4.78, 5) is 12.3. The van der Waals surface area contributed by atoms with Gasteiger partial charge in [-0.25, -0.2) is 4.98 Å². The molecule has 2 aliphatic heterocycles. The molecule has 0 amide bonds. The Bertz CT molecular complexity index is 763.